The number of aliphatic hydroxyl groups is 4. The third kappa shape index (κ3) is 28.6. The highest BCUT2D eigenvalue weighted by Gasteiger charge is 2.03. The first-order valence-electron chi connectivity index (χ1n) is 7.56. The summed E-state index contributed by atoms with van der Waals surface area (Å²) in [5.41, 5.74) is 0. The van der Waals surface area contributed by atoms with Crippen LogP contribution in [0.3, 0.4) is 0 Å². The van der Waals surface area contributed by atoms with Gasteiger partial charge in [0, 0.05) is 0 Å². The van der Waals surface area contributed by atoms with Gasteiger partial charge in [-0.1, -0.05) is 37.0 Å². The zero-order valence-corrected chi connectivity index (χ0v) is 14.6. The van der Waals surface area contributed by atoms with Crippen molar-refractivity contribution in [1.29, 1.82) is 0 Å². The van der Waals surface area contributed by atoms with Crippen LogP contribution >= 0.6 is 0 Å². The Bertz CT molecular complexity index is 364. The molecule has 0 aromatic rings. The predicted molar refractivity (Wildman–Crippen MR) is 93.8 cm³/mol. The van der Waals surface area contributed by atoms with Crippen molar-refractivity contribution < 1.29 is 29.9 Å². The molecule has 0 amide bonds. The van der Waals surface area contributed by atoms with E-state index in [1.165, 1.54) is 0 Å². The van der Waals surface area contributed by atoms with E-state index in [1.54, 1.807) is 6.92 Å². The number of hydrogen-bond acceptors (Lipinski definition) is 6. The van der Waals surface area contributed by atoms with Gasteiger partial charge in [-0.25, -0.2) is 0 Å². The Kier molecular flexibility index (Phi) is 30.0. The van der Waals surface area contributed by atoms with Gasteiger partial charge in [0.05, 0.1) is 25.4 Å². The van der Waals surface area contributed by atoms with Gasteiger partial charge in [-0.15, -0.1) is 12.8 Å². The van der Waals surface area contributed by atoms with Crippen molar-refractivity contribution in [2.24, 2.45) is 0 Å². The summed E-state index contributed by atoms with van der Waals surface area (Å²) < 4.78 is 9.95. The molecular weight excluding hydrogens is 312 g/mol. The number of ether oxygens (including phenoxy) is 2. The monoisotopic (exact) mass is 342 g/mol. The predicted octanol–water partition coefficient (Wildman–Crippen LogP) is -0.211. The van der Waals surface area contributed by atoms with Crippen LogP contribution in [0.2, 0.25) is 0 Å². The highest BCUT2D eigenvalue weighted by Crippen LogP contribution is 1.99. The molecule has 6 heteroatoms. The van der Waals surface area contributed by atoms with Crippen molar-refractivity contribution in [3.8, 4) is 36.5 Å². The average molecular weight is 342 g/mol. The fourth-order valence-corrected chi connectivity index (χ4v) is 1.07. The standard InChI is InChI=1S/C8H14O2.C6H10O2.C4H6O2/c1-3-5-8(7-9)10-6-4-2;1-3-4-8-6(2)5-7;5-3-1-2-4-6/h2,8-9H,3,5-7H2,1H3;1,6-7H,4-5H2,2H3;5-6H,3-4H2. The molecular formula is C18H30O6. The van der Waals surface area contributed by atoms with Crippen LogP contribution in [0, 0.1) is 36.5 Å². The van der Waals surface area contributed by atoms with E-state index in [4.69, 9.17) is 42.7 Å². The smallest absolute Gasteiger partial charge is 0.107 e. The van der Waals surface area contributed by atoms with Crippen molar-refractivity contribution in [3.05, 3.63) is 0 Å². The maximum atomic E-state index is 8.69. The average Bonchev–Trinajstić information content (AvgIpc) is 2.62. The topological polar surface area (TPSA) is 99.4 Å². The zero-order valence-electron chi connectivity index (χ0n) is 14.6. The molecule has 0 aliphatic rings. The van der Waals surface area contributed by atoms with Gasteiger partial charge in [-0.3, -0.25) is 0 Å². The summed E-state index contributed by atoms with van der Waals surface area (Å²) in [4.78, 5) is 0. The van der Waals surface area contributed by atoms with Crippen molar-refractivity contribution >= 4 is 0 Å². The fourth-order valence-electron chi connectivity index (χ4n) is 1.07. The molecule has 0 aliphatic heterocycles. The molecule has 0 saturated carbocycles. The lowest BCUT2D eigenvalue weighted by Crippen LogP contribution is -2.17. The number of rotatable bonds is 8. The van der Waals surface area contributed by atoms with Gasteiger partial charge >= 0.3 is 0 Å². The largest absolute Gasteiger partial charge is 0.394 e. The van der Waals surface area contributed by atoms with Gasteiger partial charge in [0.1, 0.15) is 26.4 Å². The third-order valence-electron chi connectivity index (χ3n) is 2.21. The van der Waals surface area contributed by atoms with Crippen LogP contribution in [-0.4, -0.2) is 72.3 Å². The van der Waals surface area contributed by atoms with Gasteiger partial charge in [-0.05, 0) is 13.3 Å². The summed E-state index contributed by atoms with van der Waals surface area (Å²) in [6.07, 6.45) is 11.5. The normalized spacial score (nSPS) is 11.0. The maximum absolute atomic E-state index is 8.69. The molecule has 138 valence electrons. The minimum atomic E-state index is -0.166. The van der Waals surface area contributed by atoms with Gasteiger partial charge in [0.15, 0.2) is 0 Å². The van der Waals surface area contributed by atoms with E-state index < -0.39 is 0 Å². The second kappa shape index (κ2) is 26.3. The van der Waals surface area contributed by atoms with E-state index in [0.29, 0.717) is 6.61 Å². The Hall–Kier alpha value is -1.56. The van der Waals surface area contributed by atoms with Crippen LogP contribution in [0.1, 0.15) is 26.7 Å². The molecule has 0 heterocycles. The summed E-state index contributed by atoms with van der Waals surface area (Å²) in [6.45, 7) is 4.14. The van der Waals surface area contributed by atoms with E-state index in [9.17, 15) is 0 Å². The van der Waals surface area contributed by atoms with Crippen LogP contribution in [0.15, 0.2) is 0 Å². The Morgan fingerprint density at radius 2 is 1.38 bits per heavy atom. The summed E-state index contributed by atoms with van der Waals surface area (Å²) in [6, 6.07) is 0. The lowest BCUT2D eigenvalue weighted by molar-refractivity contribution is 0.0254. The number of hydrogen-bond donors (Lipinski definition) is 4. The van der Waals surface area contributed by atoms with Crippen LogP contribution in [-0.2, 0) is 9.47 Å². The quantitative estimate of drug-likeness (QED) is 0.456. The molecule has 0 aromatic carbocycles. The second-order valence-electron chi connectivity index (χ2n) is 4.29. The number of aliphatic hydroxyl groups excluding tert-OH is 4. The molecule has 0 aromatic heterocycles. The molecule has 0 fully saturated rings. The summed E-state index contributed by atoms with van der Waals surface area (Å²) in [5.74, 6) is 9.16. The molecule has 24 heavy (non-hydrogen) atoms. The SMILES string of the molecule is C#CCOC(C)CO.C#CCOC(CO)CCC.OCC#CCO. The van der Waals surface area contributed by atoms with E-state index in [2.05, 4.69) is 23.7 Å². The van der Waals surface area contributed by atoms with Crippen LogP contribution < -0.4 is 0 Å². The molecule has 0 rings (SSSR count). The first-order valence-corrected chi connectivity index (χ1v) is 7.56. The van der Waals surface area contributed by atoms with E-state index in [0.717, 1.165) is 12.8 Å². The van der Waals surface area contributed by atoms with Gasteiger partial charge in [-0.2, -0.15) is 0 Å². The molecule has 4 N–H and O–H groups in total. The number of terminal acetylenes is 2. The van der Waals surface area contributed by atoms with Gasteiger partial charge in [0.25, 0.3) is 0 Å². The van der Waals surface area contributed by atoms with E-state index in [1.807, 2.05) is 6.92 Å². The Morgan fingerprint density at radius 1 is 0.875 bits per heavy atom. The summed E-state index contributed by atoms with van der Waals surface area (Å²) in [5, 5.41) is 32.9. The zero-order chi connectivity index (χ0) is 19.1. The minimum Gasteiger partial charge on any atom is -0.394 e. The molecule has 0 saturated heterocycles. The third-order valence-corrected chi connectivity index (χ3v) is 2.21. The van der Waals surface area contributed by atoms with E-state index in [-0.39, 0.29) is 45.2 Å². The van der Waals surface area contributed by atoms with Crippen molar-refractivity contribution in [1.82, 2.24) is 0 Å². The van der Waals surface area contributed by atoms with Crippen molar-refractivity contribution in [3.63, 3.8) is 0 Å². The minimum absolute atomic E-state index is 0.0294. The lowest BCUT2D eigenvalue weighted by atomic mass is 10.2. The molecule has 0 spiro atoms. The molecule has 0 aliphatic carbocycles. The van der Waals surface area contributed by atoms with Crippen molar-refractivity contribution in [2.75, 3.05) is 39.6 Å². The Labute approximate surface area is 145 Å². The van der Waals surface area contributed by atoms with Gasteiger partial charge in [0.2, 0.25) is 0 Å². The van der Waals surface area contributed by atoms with Crippen molar-refractivity contribution in [2.45, 2.75) is 38.9 Å². The summed E-state index contributed by atoms with van der Waals surface area (Å²) >= 11 is 0. The first kappa shape index (κ1) is 27.3. The second-order valence-corrected chi connectivity index (χ2v) is 4.29. The maximum Gasteiger partial charge on any atom is 0.107 e. The molecule has 0 bridgehead atoms. The lowest BCUT2D eigenvalue weighted by Gasteiger charge is -2.11. The molecule has 0 radical (unpaired) electrons. The molecule has 2 unspecified atom stereocenters. The van der Waals surface area contributed by atoms with Gasteiger partial charge < -0.3 is 29.9 Å². The first-order chi connectivity index (χ1) is 11.6. The molecule has 6 nitrogen and oxygen atoms in total. The van der Waals surface area contributed by atoms with E-state index >= 15 is 0 Å². The fraction of sp³-hybridized carbons (Fsp3) is 0.667. The Morgan fingerprint density at radius 3 is 1.71 bits per heavy atom. The van der Waals surface area contributed by atoms with Crippen LogP contribution in [0.5, 0.6) is 0 Å². The Balaban J connectivity index is -0.000000285. The molecule has 2 atom stereocenters. The van der Waals surface area contributed by atoms with Crippen LogP contribution in [0.25, 0.3) is 0 Å². The highest BCUT2D eigenvalue weighted by molar-refractivity contribution is 4.97. The highest BCUT2D eigenvalue weighted by atomic mass is 16.5. The summed E-state index contributed by atoms with van der Waals surface area (Å²) in [7, 11) is 0. The van der Waals surface area contributed by atoms with Crippen LogP contribution in [0.4, 0.5) is 0 Å².